The lowest BCUT2D eigenvalue weighted by molar-refractivity contribution is 0.0322. The van der Waals surface area contributed by atoms with Crippen molar-refractivity contribution in [3.05, 3.63) is 29.8 Å². The average molecular weight is 295 g/mol. The van der Waals surface area contributed by atoms with Gasteiger partial charge in [-0.1, -0.05) is 19.1 Å². The van der Waals surface area contributed by atoms with Gasteiger partial charge in [0.1, 0.15) is 5.75 Å². The molecule has 2 N–H and O–H groups in total. The predicted molar refractivity (Wildman–Crippen MR) is 85.8 cm³/mol. The second kappa shape index (κ2) is 7.34. The normalized spacial score (nSPS) is 19.6. The van der Waals surface area contributed by atoms with Crippen molar-refractivity contribution in [3.63, 3.8) is 0 Å². The summed E-state index contributed by atoms with van der Waals surface area (Å²) < 4.78 is 5.17. The molecule has 2 rings (SSSR count). The number of ether oxygens (including phenoxy) is 1. The summed E-state index contributed by atoms with van der Waals surface area (Å²) in [7, 11) is 1.68. The SMILES string of the molecule is COc1ccc(C(C)CNCC2(O)CCSCC2)cc1. The van der Waals surface area contributed by atoms with Crippen LogP contribution in [0.15, 0.2) is 24.3 Å². The summed E-state index contributed by atoms with van der Waals surface area (Å²) in [5.74, 6) is 3.48. The number of thioether (sulfide) groups is 1. The fourth-order valence-electron chi connectivity index (χ4n) is 2.50. The predicted octanol–water partition coefficient (Wildman–Crippen LogP) is 2.65. The third-order valence-corrected chi connectivity index (χ3v) is 5.00. The first kappa shape index (κ1) is 15.7. The first-order chi connectivity index (χ1) is 9.63. The van der Waals surface area contributed by atoms with Crippen molar-refractivity contribution in [1.29, 1.82) is 0 Å². The van der Waals surface area contributed by atoms with E-state index in [2.05, 4.69) is 24.4 Å². The molecule has 1 aromatic carbocycles. The van der Waals surface area contributed by atoms with Gasteiger partial charge in [-0.05, 0) is 48.0 Å². The Hall–Kier alpha value is -0.710. The molecule has 1 unspecified atom stereocenters. The van der Waals surface area contributed by atoms with E-state index in [4.69, 9.17) is 4.74 Å². The quantitative estimate of drug-likeness (QED) is 0.846. The molecule has 4 heteroatoms. The standard InChI is InChI=1S/C16H25NO2S/c1-13(14-3-5-15(19-2)6-4-14)11-17-12-16(18)7-9-20-10-8-16/h3-6,13,17-18H,7-12H2,1-2H3. The van der Waals surface area contributed by atoms with E-state index < -0.39 is 5.60 Å². The van der Waals surface area contributed by atoms with E-state index in [1.54, 1.807) is 7.11 Å². The maximum absolute atomic E-state index is 10.4. The summed E-state index contributed by atoms with van der Waals surface area (Å²) in [4.78, 5) is 0. The van der Waals surface area contributed by atoms with Gasteiger partial charge < -0.3 is 15.2 Å². The van der Waals surface area contributed by atoms with Gasteiger partial charge in [-0.2, -0.15) is 11.8 Å². The molecule has 20 heavy (non-hydrogen) atoms. The van der Waals surface area contributed by atoms with Gasteiger partial charge >= 0.3 is 0 Å². The number of hydrogen-bond acceptors (Lipinski definition) is 4. The summed E-state index contributed by atoms with van der Waals surface area (Å²) >= 11 is 1.94. The second-order valence-corrected chi connectivity index (χ2v) is 6.87. The van der Waals surface area contributed by atoms with Crippen molar-refractivity contribution in [2.24, 2.45) is 0 Å². The van der Waals surface area contributed by atoms with Crippen molar-refractivity contribution in [3.8, 4) is 5.75 Å². The number of rotatable bonds is 6. The van der Waals surface area contributed by atoms with Crippen molar-refractivity contribution in [2.45, 2.75) is 31.3 Å². The highest BCUT2D eigenvalue weighted by Gasteiger charge is 2.28. The summed E-state index contributed by atoms with van der Waals surface area (Å²) in [5.41, 5.74) is 0.801. The van der Waals surface area contributed by atoms with Crippen LogP contribution in [0.25, 0.3) is 0 Å². The molecule has 0 saturated carbocycles. The van der Waals surface area contributed by atoms with Crippen LogP contribution in [-0.2, 0) is 0 Å². The minimum atomic E-state index is -0.495. The van der Waals surface area contributed by atoms with Crippen LogP contribution in [0.2, 0.25) is 0 Å². The maximum Gasteiger partial charge on any atom is 0.118 e. The molecule has 1 saturated heterocycles. The molecule has 1 fully saturated rings. The third kappa shape index (κ3) is 4.40. The Morgan fingerprint density at radius 3 is 2.55 bits per heavy atom. The fraction of sp³-hybridized carbons (Fsp3) is 0.625. The van der Waals surface area contributed by atoms with Gasteiger partial charge in [0.2, 0.25) is 0 Å². The summed E-state index contributed by atoms with van der Waals surface area (Å²) in [5, 5.41) is 13.9. The molecule has 0 aliphatic carbocycles. The van der Waals surface area contributed by atoms with Gasteiger partial charge in [0, 0.05) is 13.1 Å². The molecule has 3 nitrogen and oxygen atoms in total. The molecule has 0 spiro atoms. The molecule has 0 bridgehead atoms. The number of benzene rings is 1. The van der Waals surface area contributed by atoms with Crippen molar-refractivity contribution < 1.29 is 9.84 Å². The third-order valence-electron chi connectivity index (χ3n) is 4.01. The zero-order chi connectivity index (χ0) is 14.4. The largest absolute Gasteiger partial charge is 0.497 e. The van der Waals surface area contributed by atoms with Crippen molar-refractivity contribution >= 4 is 11.8 Å². The Kier molecular flexibility index (Phi) is 5.75. The first-order valence-corrected chi connectivity index (χ1v) is 8.43. The molecule has 1 aliphatic heterocycles. The highest BCUT2D eigenvalue weighted by molar-refractivity contribution is 7.99. The van der Waals surface area contributed by atoms with E-state index in [0.29, 0.717) is 12.5 Å². The van der Waals surface area contributed by atoms with Crippen LogP contribution in [0.5, 0.6) is 5.75 Å². The fourth-order valence-corrected chi connectivity index (χ4v) is 3.75. The highest BCUT2D eigenvalue weighted by atomic mass is 32.2. The Morgan fingerprint density at radius 1 is 1.30 bits per heavy atom. The lowest BCUT2D eigenvalue weighted by Gasteiger charge is -2.32. The van der Waals surface area contributed by atoms with E-state index in [0.717, 1.165) is 36.6 Å². The van der Waals surface area contributed by atoms with Crippen LogP contribution in [0.4, 0.5) is 0 Å². The Morgan fingerprint density at radius 2 is 1.95 bits per heavy atom. The summed E-state index contributed by atoms with van der Waals surface area (Å²) in [6.07, 6.45) is 1.81. The van der Waals surface area contributed by atoms with E-state index in [-0.39, 0.29) is 0 Å². The Balaban J connectivity index is 1.77. The summed E-state index contributed by atoms with van der Waals surface area (Å²) in [6, 6.07) is 8.21. The maximum atomic E-state index is 10.4. The van der Waals surface area contributed by atoms with Crippen LogP contribution < -0.4 is 10.1 Å². The first-order valence-electron chi connectivity index (χ1n) is 7.28. The van der Waals surface area contributed by atoms with Crippen LogP contribution in [0.3, 0.4) is 0 Å². The monoisotopic (exact) mass is 295 g/mol. The number of nitrogens with one attached hydrogen (secondary N) is 1. The number of aliphatic hydroxyl groups is 1. The van der Waals surface area contributed by atoms with Gasteiger partial charge in [-0.15, -0.1) is 0 Å². The number of methoxy groups -OCH3 is 1. The van der Waals surface area contributed by atoms with Gasteiger partial charge in [0.25, 0.3) is 0 Å². The molecule has 0 aromatic heterocycles. The second-order valence-electron chi connectivity index (χ2n) is 5.64. The van der Waals surface area contributed by atoms with Gasteiger partial charge in [0.05, 0.1) is 12.7 Å². The van der Waals surface area contributed by atoms with Crippen LogP contribution in [0, 0.1) is 0 Å². The minimum absolute atomic E-state index is 0.433. The average Bonchev–Trinajstić information content (AvgIpc) is 2.48. The minimum Gasteiger partial charge on any atom is -0.497 e. The van der Waals surface area contributed by atoms with Crippen LogP contribution in [0.1, 0.15) is 31.2 Å². The molecular weight excluding hydrogens is 270 g/mol. The van der Waals surface area contributed by atoms with E-state index in [9.17, 15) is 5.11 Å². The Bertz CT molecular complexity index is 401. The Labute approximate surface area is 126 Å². The lowest BCUT2D eigenvalue weighted by Crippen LogP contribution is -2.44. The molecule has 1 atom stereocenters. The molecule has 1 aliphatic rings. The van der Waals surface area contributed by atoms with E-state index in [1.807, 2.05) is 23.9 Å². The molecule has 112 valence electrons. The van der Waals surface area contributed by atoms with Crippen molar-refractivity contribution in [1.82, 2.24) is 5.32 Å². The zero-order valence-electron chi connectivity index (χ0n) is 12.4. The smallest absolute Gasteiger partial charge is 0.118 e. The van der Waals surface area contributed by atoms with E-state index >= 15 is 0 Å². The summed E-state index contributed by atoms with van der Waals surface area (Å²) in [6.45, 7) is 3.80. The van der Waals surface area contributed by atoms with Gasteiger partial charge in [-0.25, -0.2) is 0 Å². The zero-order valence-corrected chi connectivity index (χ0v) is 13.2. The van der Waals surface area contributed by atoms with Gasteiger partial charge in [-0.3, -0.25) is 0 Å². The molecule has 1 aromatic rings. The van der Waals surface area contributed by atoms with Crippen molar-refractivity contribution in [2.75, 3.05) is 31.7 Å². The highest BCUT2D eigenvalue weighted by Crippen LogP contribution is 2.26. The number of hydrogen-bond donors (Lipinski definition) is 2. The molecule has 0 radical (unpaired) electrons. The van der Waals surface area contributed by atoms with E-state index in [1.165, 1.54) is 5.56 Å². The topological polar surface area (TPSA) is 41.5 Å². The molecular formula is C16H25NO2S. The van der Waals surface area contributed by atoms with Crippen LogP contribution in [-0.4, -0.2) is 42.4 Å². The molecule has 1 heterocycles. The lowest BCUT2D eigenvalue weighted by atomic mass is 9.96. The van der Waals surface area contributed by atoms with Crippen LogP contribution >= 0.6 is 11.8 Å². The molecule has 0 amide bonds. The van der Waals surface area contributed by atoms with Gasteiger partial charge in [0.15, 0.2) is 0 Å².